The number of ether oxygens (including phenoxy) is 2. The minimum atomic E-state index is -0.939. The van der Waals surface area contributed by atoms with Crippen molar-refractivity contribution in [3.05, 3.63) is 35.4 Å². The molecule has 2 rings (SSSR count). The molecule has 2 N–H and O–H groups in total. The predicted octanol–water partition coefficient (Wildman–Crippen LogP) is 1.06. The van der Waals surface area contributed by atoms with Gasteiger partial charge in [-0.3, -0.25) is 9.59 Å². The second-order valence-electron chi connectivity index (χ2n) is 5.54. The van der Waals surface area contributed by atoms with Gasteiger partial charge in [0.2, 0.25) is 5.91 Å². The predicted molar refractivity (Wildman–Crippen MR) is 81.1 cm³/mol. The van der Waals surface area contributed by atoms with E-state index >= 15 is 0 Å². The maximum Gasteiger partial charge on any atom is 0.325 e. The molecule has 6 nitrogen and oxygen atoms in total. The van der Waals surface area contributed by atoms with Crippen LogP contribution in [0.2, 0.25) is 0 Å². The van der Waals surface area contributed by atoms with E-state index in [9.17, 15) is 18.4 Å². The van der Waals surface area contributed by atoms with E-state index in [1.165, 1.54) is 13.2 Å². The lowest BCUT2D eigenvalue weighted by Gasteiger charge is -2.24. The molecule has 132 valence electrons. The van der Waals surface area contributed by atoms with Gasteiger partial charge >= 0.3 is 5.97 Å². The normalized spacial score (nSPS) is 21.3. The molecule has 1 fully saturated rings. The third kappa shape index (κ3) is 4.48. The van der Waals surface area contributed by atoms with E-state index in [4.69, 9.17) is 4.74 Å². The lowest BCUT2D eigenvalue weighted by Crippen LogP contribution is -2.48. The highest BCUT2D eigenvalue weighted by Gasteiger charge is 2.32. The molecular formula is C16H20F2N2O4. The van der Waals surface area contributed by atoms with Crippen LogP contribution < -0.4 is 10.6 Å². The summed E-state index contributed by atoms with van der Waals surface area (Å²) in [6, 6.07) is 2.80. The average Bonchev–Trinajstić information content (AvgIpc) is 3.02. The summed E-state index contributed by atoms with van der Waals surface area (Å²) in [5.41, 5.74) is 0.506. The van der Waals surface area contributed by atoms with Crippen molar-refractivity contribution in [2.45, 2.75) is 31.5 Å². The molecular weight excluding hydrogens is 322 g/mol. The second kappa shape index (κ2) is 8.16. The summed E-state index contributed by atoms with van der Waals surface area (Å²) in [5.74, 6) is -2.77. The molecule has 1 aromatic rings. The summed E-state index contributed by atoms with van der Waals surface area (Å²) < 4.78 is 36.5. The lowest BCUT2D eigenvalue weighted by molar-refractivity contribution is -0.141. The first-order chi connectivity index (χ1) is 11.4. The van der Waals surface area contributed by atoms with E-state index in [1.54, 1.807) is 6.92 Å². The van der Waals surface area contributed by atoms with Gasteiger partial charge in [-0.15, -0.1) is 0 Å². The molecule has 0 saturated carbocycles. The van der Waals surface area contributed by atoms with E-state index in [2.05, 4.69) is 15.4 Å². The minimum Gasteiger partial charge on any atom is -0.468 e. The Balaban J connectivity index is 1.96. The first-order valence-corrected chi connectivity index (χ1v) is 7.59. The zero-order valence-corrected chi connectivity index (χ0v) is 13.5. The highest BCUT2D eigenvalue weighted by molar-refractivity contribution is 5.85. The summed E-state index contributed by atoms with van der Waals surface area (Å²) in [4.78, 5) is 23.0. The average molecular weight is 342 g/mol. The third-order valence-corrected chi connectivity index (χ3v) is 3.86. The van der Waals surface area contributed by atoms with E-state index in [0.717, 1.165) is 12.1 Å². The van der Waals surface area contributed by atoms with Crippen molar-refractivity contribution in [2.24, 2.45) is 0 Å². The molecule has 0 spiro atoms. The monoisotopic (exact) mass is 342 g/mol. The molecule has 0 aliphatic carbocycles. The number of hydrogen-bond acceptors (Lipinski definition) is 5. The molecule has 24 heavy (non-hydrogen) atoms. The van der Waals surface area contributed by atoms with Gasteiger partial charge < -0.3 is 20.1 Å². The molecule has 1 aromatic carbocycles. The van der Waals surface area contributed by atoms with E-state index < -0.39 is 29.7 Å². The van der Waals surface area contributed by atoms with Crippen molar-refractivity contribution in [3.8, 4) is 0 Å². The highest BCUT2D eigenvalue weighted by atomic mass is 19.2. The van der Waals surface area contributed by atoms with Crippen molar-refractivity contribution in [1.29, 1.82) is 0 Å². The van der Waals surface area contributed by atoms with Gasteiger partial charge in [-0.05, 0) is 31.0 Å². The van der Waals surface area contributed by atoms with Gasteiger partial charge in [-0.2, -0.15) is 0 Å². The smallest absolute Gasteiger partial charge is 0.325 e. The lowest BCUT2D eigenvalue weighted by atomic mass is 10.0. The summed E-state index contributed by atoms with van der Waals surface area (Å²) in [7, 11) is 1.23. The summed E-state index contributed by atoms with van der Waals surface area (Å²) >= 11 is 0. The Labute approximate surface area is 138 Å². The van der Waals surface area contributed by atoms with Crippen LogP contribution in [0.15, 0.2) is 18.2 Å². The Kier molecular flexibility index (Phi) is 6.22. The van der Waals surface area contributed by atoms with Crippen LogP contribution in [-0.2, 0) is 19.1 Å². The van der Waals surface area contributed by atoms with Gasteiger partial charge in [0.05, 0.1) is 19.3 Å². The minimum absolute atomic E-state index is 0.213. The molecule has 1 unspecified atom stereocenters. The van der Waals surface area contributed by atoms with Crippen molar-refractivity contribution in [2.75, 3.05) is 20.3 Å². The van der Waals surface area contributed by atoms with Gasteiger partial charge in [0.15, 0.2) is 11.6 Å². The van der Waals surface area contributed by atoms with Crippen molar-refractivity contribution < 1.29 is 27.8 Å². The molecule has 1 saturated heterocycles. The highest BCUT2D eigenvalue weighted by Crippen LogP contribution is 2.30. The van der Waals surface area contributed by atoms with Crippen LogP contribution in [0.5, 0.6) is 0 Å². The van der Waals surface area contributed by atoms with E-state index in [-0.39, 0.29) is 18.5 Å². The topological polar surface area (TPSA) is 76.7 Å². The fourth-order valence-corrected chi connectivity index (χ4v) is 2.56. The largest absolute Gasteiger partial charge is 0.468 e. The van der Waals surface area contributed by atoms with E-state index in [0.29, 0.717) is 18.6 Å². The molecule has 0 aromatic heterocycles. The van der Waals surface area contributed by atoms with Gasteiger partial charge in [-0.25, -0.2) is 8.78 Å². The van der Waals surface area contributed by atoms with Crippen LogP contribution in [0.3, 0.4) is 0 Å². The molecule has 1 aliphatic rings. The summed E-state index contributed by atoms with van der Waals surface area (Å²) in [6.07, 6.45) is 0.147. The fourth-order valence-electron chi connectivity index (χ4n) is 2.56. The molecule has 1 amide bonds. The van der Waals surface area contributed by atoms with Crippen molar-refractivity contribution in [3.63, 3.8) is 0 Å². The summed E-state index contributed by atoms with van der Waals surface area (Å²) in [6.45, 7) is 1.88. The number of carbonyl (C=O) groups is 2. The number of carbonyl (C=O) groups excluding carboxylic acids is 2. The zero-order valence-electron chi connectivity index (χ0n) is 13.5. The number of halogens is 2. The Bertz CT molecular complexity index is 612. The Hall–Kier alpha value is -2.06. The van der Waals surface area contributed by atoms with E-state index in [1.807, 2.05) is 0 Å². The molecule has 3 atom stereocenters. The van der Waals surface area contributed by atoms with Crippen LogP contribution in [0.1, 0.15) is 25.0 Å². The van der Waals surface area contributed by atoms with Gasteiger partial charge in [0.25, 0.3) is 0 Å². The SMILES string of the molecule is COC(=O)CNC(=O)C(C)N[C@@H]1CCO[C@H]1c1ccc(F)c(F)c1. The number of benzene rings is 1. The Morgan fingerprint density at radius 3 is 2.79 bits per heavy atom. The quantitative estimate of drug-likeness (QED) is 0.756. The second-order valence-corrected chi connectivity index (χ2v) is 5.54. The number of nitrogens with one attached hydrogen (secondary N) is 2. The zero-order chi connectivity index (χ0) is 17.7. The number of amides is 1. The maximum atomic E-state index is 13.4. The van der Waals surface area contributed by atoms with Crippen LogP contribution in [0.4, 0.5) is 8.78 Å². The summed E-state index contributed by atoms with van der Waals surface area (Å²) in [5, 5.41) is 5.55. The van der Waals surface area contributed by atoms with Crippen LogP contribution in [0.25, 0.3) is 0 Å². The molecule has 8 heteroatoms. The van der Waals surface area contributed by atoms with Crippen LogP contribution >= 0.6 is 0 Å². The Morgan fingerprint density at radius 1 is 1.38 bits per heavy atom. The number of hydrogen-bond donors (Lipinski definition) is 2. The molecule has 1 aliphatic heterocycles. The van der Waals surface area contributed by atoms with Gasteiger partial charge in [0.1, 0.15) is 6.54 Å². The molecule has 1 heterocycles. The van der Waals surface area contributed by atoms with Crippen molar-refractivity contribution in [1.82, 2.24) is 10.6 Å². The van der Waals surface area contributed by atoms with Gasteiger partial charge in [-0.1, -0.05) is 6.07 Å². The molecule has 0 bridgehead atoms. The molecule has 0 radical (unpaired) electrons. The first-order valence-electron chi connectivity index (χ1n) is 7.59. The number of methoxy groups -OCH3 is 1. The standard InChI is InChI=1S/C16H20F2N2O4/c1-9(16(22)19-8-14(21)23-2)20-13-5-6-24-15(13)10-3-4-11(17)12(18)7-10/h3-4,7,9,13,15,20H,5-6,8H2,1-2H3,(H,19,22)/t9?,13-,15+/m1/s1. The van der Waals surface area contributed by atoms with Crippen molar-refractivity contribution >= 4 is 11.9 Å². The van der Waals surface area contributed by atoms with Gasteiger partial charge in [0, 0.05) is 12.6 Å². The maximum absolute atomic E-state index is 13.4. The first kappa shape index (κ1) is 18.3. The third-order valence-electron chi connectivity index (χ3n) is 3.86. The number of esters is 1. The van der Waals surface area contributed by atoms with Crippen LogP contribution in [-0.4, -0.2) is 44.2 Å². The Morgan fingerprint density at radius 2 is 2.12 bits per heavy atom. The number of rotatable bonds is 6. The van der Waals surface area contributed by atoms with Crippen LogP contribution in [0, 0.1) is 11.6 Å². The fraction of sp³-hybridized carbons (Fsp3) is 0.500.